The molecule has 1 aliphatic rings. The molecule has 0 atom stereocenters. The Labute approximate surface area is 207 Å². The summed E-state index contributed by atoms with van der Waals surface area (Å²) in [6, 6.07) is 16.0. The van der Waals surface area contributed by atoms with Gasteiger partial charge in [-0.25, -0.2) is 13.7 Å². The lowest BCUT2D eigenvalue weighted by molar-refractivity contribution is 0.0828. The third-order valence-corrected chi connectivity index (χ3v) is 6.99. The molecule has 1 aliphatic heterocycles. The zero-order chi connectivity index (χ0) is 24.2. The van der Waals surface area contributed by atoms with E-state index in [9.17, 15) is 14.4 Å². The van der Waals surface area contributed by atoms with Crippen LogP contribution in [0, 0.1) is 17.1 Å². The number of aromatic nitrogens is 1. The van der Waals surface area contributed by atoms with Gasteiger partial charge in [-0.2, -0.15) is 5.26 Å². The van der Waals surface area contributed by atoms with Crippen LogP contribution in [0.15, 0.2) is 59.6 Å². The average Bonchev–Trinajstić information content (AvgIpc) is 2.85. The van der Waals surface area contributed by atoms with Crippen LogP contribution in [0.1, 0.15) is 15.9 Å². The molecule has 9 heteroatoms. The minimum Gasteiger partial charge on any atom is -0.353 e. The molecular weight excluding hydrogens is 473 g/mol. The van der Waals surface area contributed by atoms with Crippen LogP contribution in [0.25, 0.3) is 11.1 Å². The highest BCUT2D eigenvalue weighted by Gasteiger charge is 2.22. The monoisotopic (exact) mass is 495 g/mol. The summed E-state index contributed by atoms with van der Waals surface area (Å²) in [6.45, 7) is 2.78. The number of carbonyl (C=O) groups is 1. The van der Waals surface area contributed by atoms with Gasteiger partial charge in [0.25, 0.3) is 5.91 Å². The first-order valence-electron chi connectivity index (χ1n) is 10.7. The minimum absolute atomic E-state index is 0.171. The molecule has 0 spiro atoms. The number of halogens is 2. The van der Waals surface area contributed by atoms with E-state index in [2.05, 4.69) is 20.3 Å². The molecule has 1 saturated heterocycles. The number of pyridine rings is 1. The first kappa shape index (κ1) is 24.0. The SMILES string of the molecule is CN(C)C(=O)c1ccc(-c2cnc(N3CCN(Sc4ccccc4F)CC3)c(C#N)c2)cc1Cl. The lowest BCUT2D eigenvalue weighted by Gasteiger charge is -2.35. The Morgan fingerprint density at radius 1 is 1.12 bits per heavy atom. The number of nitrogens with zero attached hydrogens (tertiary/aromatic N) is 5. The van der Waals surface area contributed by atoms with E-state index in [-0.39, 0.29) is 11.7 Å². The molecule has 1 fully saturated rings. The fraction of sp³-hybridized carbons (Fsp3) is 0.240. The summed E-state index contributed by atoms with van der Waals surface area (Å²) in [7, 11) is 3.35. The maximum absolute atomic E-state index is 14.0. The number of anilines is 1. The maximum Gasteiger partial charge on any atom is 0.254 e. The van der Waals surface area contributed by atoms with Crippen LogP contribution in [0.3, 0.4) is 0 Å². The lowest BCUT2D eigenvalue weighted by Crippen LogP contribution is -2.44. The van der Waals surface area contributed by atoms with Crippen molar-refractivity contribution in [1.29, 1.82) is 5.26 Å². The third kappa shape index (κ3) is 5.17. The van der Waals surface area contributed by atoms with Gasteiger partial charge in [-0.15, -0.1) is 0 Å². The number of hydrogen-bond acceptors (Lipinski definition) is 6. The minimum atomic E-state index is -0.224. The van der Waals surface area contributed by atoms with Crippen molar-refractivity contribution in [3.05, 3.63) is 76.7 Å². The Kier molecular flexibility index (Phi) is 7.37. The van der Waals surface area contributed by atoms with Crippen molar-refractivity contribution in [1.82, 2.24) is 14.2 Å². The van der Waals surface area contributed by atoms with Gasteiger partial charge in [0.05, 0.1) is 21.0 Å². The van der Waals surface area contributed by atoms with E-state index in [1.54, 1.807) is 56.7 Å². The molecule has 1 amide bonds. The fourth-order valence-electron chi connectivity index (χ4n) is 3.71. The van der Waals surface area contributed by atoms with Gasteiger partial charge in [0.2, 0.25) is 0 Å². The van der Waals surface area contributed by atoms with E-state index in [0.717, 1.165) is 11.1 Å². The molecule has 34 heavy (non-hydrogen) atoms. The van der Waals surface area contributed by atoms with Crippen molar-refractivity contribution in [3.8, 4) is 17.2 Å². The van der Waals surface area contributed by atoms with Crippen molar-refractivity contribution >= 4 is 35.3 Å². The average molecular weight is 496 g/mol. The predicted molar refractivity (Wildman–Crippen MR) is 133 cm³/mol. The smallest absolute Gasteiger partial charge is 0.254 e. The highest BCUT2D eigenvalue weighted by Crippen LogP contribution is 2.31. The topological polar surface area (TPSA) is 63.5 Å². The molecule has 1 aromatic heterocycles. The fourth-order valence-corrected chi connectivity index (χ4v) is 4.89. The van der Waals surface area contributed by atoms with Gasteiger partial charge in [-0.1, -0.05) is 29.8 Å². The zero-order valence-electron chi connectivity index (χ0n) is 18.8. The van der Waals surface area contributed by atoms with Crippen molar-refractivity contribution in [2.75, 3.05) is 45.2 Å². The van der Waals surface area contributed by atoms with Gasteiger partial charge in [0, 0.05) is 52.0 Å². The summed E-state index contributed by atoms with van der Waals surface area (Å²) in [5, 5.41) is 10.1. The predicted octanol–water partition coefficient (Wildman–Crippen LogP) is 4.94. The molecule has 0 saturated carbocycles. The number of rotatable bonds is 5. The van der Waals surface area contributed by atoms with Gasteiger partial charge < -0.3 is 9.80 Å². The first-order valence-corrected chi connectivity index (χ1v) is 11.9. The Balaban J connectivity index is 1.48. The second-order valence-corrected chi connectivity index (χ2v) is 9.58. The van der Waals surface area contributed by atoms with Crippen LogP contribution in [0.5, 0.6) is 0 Å². The number of benzene rings is 2. The molecule has 2 aromatic carbocycles. The Hall–Kier alpha value is -3.12. The van der Waals surface area contributed by atoms with Crippen LogP contribution >= 0.6 is 23.5 Å². The van der Waals surface area contributed by atoms with Gasteiger partial charge in [0.15, 0.2) is 0 Å². The van der Waals surface area contributed by atoms with E-state index < -0.39 is 0 Å². The maximum atomic E-state index is 14.0. The van der Waals surface area contributed by atoms with Crippen molar-refractivity contribution in [3.63, 3.8) is 0 Å². The number of hydrogen-bond donors (Lipinski definition) is 0. The highest BCUT2D eigenvalue weighted by atomic mass is 35.5. The van der Waals surface area contributed by atoms with E-state index in [0.29, 0.717) is 53.0 Å². The summed E-state index contributed by atoms with van der Waals surface area (Å²) in [4.78, 5) is 21.0. The quantitative estimate of drug-likeness (QED) is 0.467. The zero-order valence-corrected chi connectivity index (χ0v) is 20.4. The normalized spacial score (nSPS) is 14.0. The highest BCUT2D eigenvalue weighted by molar-refractivity contribution is 7.97. The number of carbonyl (C=O) groups excluding carboxylic acids is 1. The molecule has 0 N–H and O–H groups in total. The summed E-state index contributed by atoms with van der Waals surface area (Å²) in [5.41, 5.74) is 2.42. The summed E-state index contributed by atoms with van der Waals surface area (Å²) in [5.74, 6) is 0.237. The number of nitriles is 1. The second-order valence-electron chi connectivity index (χ2n) is 8.04. The van der Waals surface area contributed by atoms with E-state index in [1.165, 1.54) is 22.9 Å². The molecular formula is C25H23ClFN5OS. The van der Waals surface area contributed by atoms with Crippen LogP contribution < -0.4 is 4.90 Å². The summed E-state index contributed by atoms with van der Waals surface area (Å²) in [6.07, 6.45) is 1.72. The molecule has 6 nitrogen and oxygen atoms in total. The summed E-state index contributed by atoms with van der Waals surface area (Å²) >= 11 is 7.77. The van der Waals surface area contributed by atoms with Crippen molar-refractivity contribution < 1.29 is 9.18 Å². The van der Waals surface area contributed by atoms with Crippen LogP contribution in [-0.4, -0.2) is 60.4 Å². The molecule has 2 heterocycles. The van der Waals surface area contributed by atoms with Crippen LogP contribution in [0.2, 0.25) is 5.02 Å². The second kappa shape index (κ2) is 10.4. The van der Waals surface area contributed by atoms with Gasteiger partial charge in [-0.3, -0.25) is 4.79 Å². The van der Waals surface area contributed by atoms with Crippen LogP contribution in [-0.2, 0) is 0 Å². The molecule has 4 rings (SSSR count). The largest absolute Gasteiger partial charge is 0.353 e. The lowest BCUT2D eigenvalue weighted by atomic mass is 10.0. The van der Waals surface area contributed by atoms with Crippen LogP contribution in [0.4, 0.5) is 10.2 Å². The molecule has 3 aromatic rings. The Morgan fingerprint density at radius 3 is 2.50 bits per heavy atom. The van der Waals surface area contributed by atoms with E-state index in [1.807, 2.05) is 6.07 Å². The van der Waals surface area contributed by atoms with Gasteiger partial charge >= 0.3 is 0 Å². The molecule has 174 valence electrons. The number of piperazine rings is 1. The Morgan fingerprint density at radius 2 is 1.85 bits per heavy atom. The van der Waals surface area contributed by atoms with E-state index in [4.69, 9.17) is 11.6 Å². The van der Waals surface area contributed by atoms with Crippen molar-refractivity contribution in [2.24, 2.45) is 0 Å². The van der Waals surface area contributed by atoms with E-state index >= 15 is 0 Å². The summed E-state index contributed by atoms with van der Waals surface area (Å²) < 4.78 is 16.1. The third-order valence-electron chi connectivity index (χ3n) is 5.53. The van der Waals surface area contributed by atoms with Gasteiger partial charge in [-0.05, 0) is 47.8 Å². The first-order chi connectivity index (χ1) is 16.4. The number of amides is 1. The molecule has 0 bridgehead atoms. The van der Waals surface area contributed by atoms with Crippen molar-refractivity contribution in [2.45, 2.75) is 4.90 Å². The molecule has 0 unspecified atom stereocenters. The molecule has 0 radical (unpaired) electrons. The molecule has 0 aliphatic carbocycles. The Bertz CT molecular complexity index is 1250. The van der Waals surface area contributed by atoms with Gasteiger partial charge in [0.1, 0.15) is 17.7 Å². The standard InChI is InChI=1S/C25H23ClFN5OS/c1-30(2)25(33)20-8-7-17(14-21(20)26)19-13-18(15-28)24(29-16-19)31-9-11-32(12-10-31)34-23-6-4-3-5-22(23)27/h3-8,13-14,16H,9-12H2,1-2H3.